The van der Waals surface area contributed by atoms with E-state index in [4.69, 9.17) is 14.4 Å². The quantitative estimate of drug-likeness (QED) is 0.214. The highest BCUT2D eigenvalue weighted by atomic mass is 16.3. The summed E-state index contributed by atoms with van der Waals surface area (Å²) in [5, 5.41) is 3.49. The Balaban J connectivity index is 1.19. The molecule has 3 heterocycles. The van der Waals surface area contributed by atoms with Gasteiger partial charge in [-0.25, -0.2) is 9.97 Å². The minimum atomic E-state index is 0.681. The summed E-state index contributed by atoms with van der Waals surface area (Å²) in [6.45, 7) is 0. The molecule has 0 spiro atoms. The molecule has 0 bridgehead atoms. The van der Waals surface area contributed by atoms with Gasteiger partial charge < -0.3 is 8.98 Å². The molecule has 4 nitrogen and oxygen atoms in total. The van der Waals surface area contributed by atoms with E-state index in [1.807, 2.05) is 54.6 Å². The van der Waals surface area contributed by atoms with E-state index in [0.717, 1.165) is 50.1 Å². The van der Waals surface area contributed by atoms with Crippen molar-refractivity contribution in [2.45, 2.75) is 0 Å². The van der Waals surface area contributed by atoms with Crippen molar-refractivity contribution in [3.8, 4) is 39.5 Å². The average Bonchev–Trinajstić information content (AvgIpc) is 3.64. The van der Waals surface area contributed by atoms with Gasteiger partial charge in [-0.2, -0.15) is 0 Å². The molecule has 0 unspecified atom stereocenters. The van der Waals surface area contributed by atoms with E-state index in [1.54, 1.807) is 0 Å². The minimum absolute atomic E-state index is 0.681. The molecule has 0 saturated carbocycles. The topological polar surface area (TPSA) is 43.9 Å². The largest absolute Gasteiger partial charge is 0.452 e. The molecule has 9 aromatic rings. The summed E-state index contributed by atoms with van der Waals surface area (Å²) >= 11 is 0. The highest BCUT2D eigenvalue weighted by molar-refractivity contribution is 6.10. The first-order valence-electron chi connectivity index (χ1n) is 14.8. The first kappa shape index (κ1) is 24.6. The highest BCUT2D eigenvalue weighted by Gasteiger charge is 2.19. The predicted octanol–water partition coefficient (Wildman–Crippen LogP) is 10.5. The van der Waals surface area contributed by atoms with Crippen molar-refractivity contribution in [2.75, 3.05) is 0 Å². The van der Waals surface area contributed by atoms with Crippen LogP contribution in [0.4, 0.5) is 0 Å². The maximum atomic E-state index is 6.44. The van der Waals surface area contributed by atoms with Crippen molar-refractivity contribution < 1.29 is 4.42 Å². The average molecular weight is 564 g/mol. The third kappa shape index (κ3) is 3.85. The molecule has 0 amide bonds. The number of hydrogen-bond acceptors (Lipinski definition) is 3. The Hall–Kier alpha value is -6.00. The number of fused-ring (bicyclic) bond motifs is 6. The standard InChI is InChI=1S/C40H25N3O/c1-3-11-27(12-4-1)37-39-38(42-40(41-37)28-13-5-2-6-14-28)33-25-29(21-24-36(33)44-39)26-19-22-30(23-20-26)43-34-17-9-7-15-31(34)32-16-8-10-18-35(32)43/h1-25H. The number of nitrogens with zero attached hydrogens (tertiary/aromatic N) is 3. The van der Waals surface area contributed by atoms with Crippen LogP contribution in [-0.2, 0) is 0 Å². The van der Waals surface area contributed by atoms with E-state index in [2.05, 4.69) is 102 Å². The van der Waals surface area contributed by atoms with E-state index < -0.39 is 0 Å². The molecule has 44 heavy (non-hydrogen) atoms. The van der Waals surface area contributed by atoms with Gasteiger partial charge in [-0.3, -0.25) is 0 Å². The van der Waals surface area contributed by atoms with Crippen LogP contribution < -0.4 is 0 Å². The van der Waals surface area contributed by atoms with Gasteiger partial charge in [0.25, 0.3) is 0 Å². The van der Waals surface area contributed by atoms with Crippen LogP contribution >= 0.6 is 0 Å². The lowest BCUT2D eigenvalue weighted by Crippen LogP contribution is -1.94. The predicted molar refractivity (Wildman–Crippen MR) is 180 cm³/mol. The normalized spacial score (nSPS) is 11.6. The monoisotopic (exact) mass is 563 g/mol. The molecule has 0 aliphatic carbocycles. The second-order valence-electron chi connectivity index (χ2n) is 11.0. The van der Waals surface area contributed by atoms with Gasteiger partial charge in [0, 0.05) is 33.0 Å². The van der Waals surface area contributed by atoms with Gasteiger partial charge in [0.1, 0.15) is 16.8 Å². The summed E-state index contributed by atoms with van der Waals surface area (Å²) in [6, 6.07) is 52.7. The summed E-state index contributed by atoms with van der Waals surface area (Å²) in [7, 11) is 0. The van der Waals surface area contributed by atoms with Crippen LogP contribution in [0.25, 0.3) is 83.3 Å². The SMILES string of the molecule is c1ccc(-c2nc(-c3ccccc3)c3oc4ccc(-c5ccc(-n6c7ccccc7c7ccccc76)cc5)cc4c3n2)cc1. The van der Waals surface area contributed by atoms with Crippen LogP contribution in [0.1, 0.15) is 0 Å². The molecule has 3 aromatic heterocycles. The zero-order valence-electron chi connectivity index (χ0n) is 23.7. The number of hydrogen-bond donors (Lipinski definition) is 0. The second kappa shape index (κ2) is 9.79. The third-order valence-corrected chi connectivity index (χ3v) is 8.43. The van der Waals surface area contributed by atoms with Gasteiger partial charge in [-0.1, -0.05) is 115 Å². The van der Waals surface area contributed by atoms with E-state index in [0.29, 0.717) is 11.4 Å². The Kier molecular flexibility index (Phi) is 5.47. The smallest absolute Gasteiger partial charge is 0.180 e. The summed E-state index contributed by atoms with van der Waals surface area (Å²) in [4.78, 5) is 10.0. The van der Waals surface area contributed by atoms with Gasteiger partial charge in [0.15, 0.2) is 11.4 Å². The molecule has 6 aromatic carbocycles. The lowest BCUT2D eigenvalue weighted by atomic mass is 10.0. The molecule has 0 fully saturated rings. The molecular weight excluding hydrogens is 538 g/mol. The third-order valence-electron chi connectivity index (χ3n) is 8.43. The fourth-order valence-electron chi connectivity index (χ4n) is 6.33. The van der Waals surface area contributed by atoms with E-state index in [9.17, 15) is 0 Å². The number of benzene rings is 6. The summed E-state index contributed by atoms with van der Waals surface area (Å²) < 4.78 is 8.78. The summed E-state index contributed by atoms with van der Waals surface area (Å²) in [5.74, 6) is 0.681. The van der Waals surface area contributed by atoms with Gasteiger partial charge in [-0.15, -0.1) is 0 Å². The van der Waals surface area contributed by atoms with Gasteiger partial charge in [0.2, 0.25) is 0 Å². The zero-order valence-corrected chi connectivity index (χ0v) is 23.7. The minimum Gasteiger partial charge on any atom is -0.452 e. The molecule has 0 radical (unpaired) electrons. The van der Waals surface area contributed by atoms with E-state index >= 15 is 0 Å². The van der Waals surface area contributed by atoms with Crippen molar-refractivity contribution in [1.29, 1.82) is 0 Å². The van der Waals surface area contributed by atoms with E-state index in [-0.39, 0.29) is 0 Å². The van der Waals surface area contributed by atoms with Crippen LogP contribution in [0.15, 0.2) is 156 Å². The Labute approximate surface area is 253 Å². The molecule has 0 saturated heterocycles. The highest BCUT2D eigenvalue weighted by Crippen LogP contribution is 2.38. The fraction of sp³-hybridized carbons (Fsp3) is 0. The van der Waals surface area contributed by atoms with Crippen LogP contribution in [-0.4, -0.2) is 14.5 Å². The lowest BCUT2D eigenvalue weighted by Gasteiger charge is -2.09. The Morgan fingerprint density at radius 2 is 1.05 bits per heavy atom. The summed E-state index contributed by atoms with van der Waals surface area (Å²) in [5.41, 5.74) is 10.8. The zero-order chi connectivity index (χ0) is 29.0. The first-order chi connectivity index (χ1) is 21.8. The van der Waals surface area contributed by atoms with Crippen molar-refractivity contribution in [1.82, 2.24) is 14.5 Å². The van der Waals surface area contributed by atoms with Crippen LogP contribution in [0.3, 0.4) is 0 Å². The van der Waals surface area contributed by atoms with Crippen LogP contribution in [0.2, 0.25) is 0 Å². The van der Waals surface area contributed by atoms with Gasteiger partial charge >= 0.3 is 0 Å². The molecule has 206 valence electrons. The van der Waals surface area contributed by atoms with E-state index in [1.165, 1.54) is 21.8 Å². The Bertz CT molecular complexity index is 2420. The van der Waals surface area contributed by atoms with Crippen molar-refractivity contribution in [3.05, 3.63) is 152 Å². The van der Waals surface area contributed by atoms with Crippen LogP contribution in [0.5, 0.6) is 0 Å². The molecule has 0 aliphatic rings. The number of para-hydroxylation sites is 2. The first-order valence-corrected chi connectivity index (χ1v) is 14.8. The maximum absolute atomic E-state index is 6.44. The number of furan rings is 1. The Morgan fingerprint density at radius 1 is 0.455 bits per heavy atom. The molecule has 4 heteroatoms. The Morgan fingerprint density at radius 3 is 1.73 bits per heavy atom. The molecule has 9 rings (SSSR count). The van der Waals surface area contributed by atoms with Gasteiger partial charge in [0.05, 0.1) is 11.0 Å². The lowest BCUT2D eigenvalue weighted by molar-refractivity contribution is 0.667. The van der Waals surface area contributed by atoms with Gasteiger partial charge in [-0.05, 0) is 47.5 Å². The molecular formula is C40H25N3O. The van der Waals surface area contributed by atoms with Crippen molar-refractivity contribution in [3.63, 3.8) is 0 Å². The molecule has 0 N–H and O–H groups in total. The summed E-state index contributed by atoms with van der Waals surface area (Å²) in [6.07, 6.45) is 0. The molecule has 0 atom stereocenters. The fourth-order valence-corrected chi connectivity index (χ4v) is 6.33. The number of rotatable bonds is 4. The van der Waals surface area contributed by atoms with Crippen molar-refractivity contribution in [2.24, 2.45) is 0 Å². The van der Waals surface area contributed by atoms with Crippen LogP contribution in [0, 0.1) is 0 Å². The van der Waals surface area contributed by atoms with Crippen molar-refractivity contribution >= 4 is 43.9 Å². The number of aromatic nitrogens is 3. The molecule has 0 aliphatic heterocycles. The second-order valence-corrected chi connectivity index (χ2v) is 11.0. The maximum Gasteiger partial charge on any atom is 0.180 e.